The highest BCUT2D eigenvalue weighted by Crippen LogP contribution is 2.32. The Morgan fingerprint density at radius 1 is 1.32 bits per heavy atom. The van der Waals surface area contributed by atoms with Crippen LogP contribution in [-0.4, -0.2) is 26.5 Å². The number of nitrogens with zero attached hydrogens (tertiary/aromatic N) is 1. The number of fused-ring (bicyclic) bond motifs is 1. The van der Waals surface area contributed by atoms with Crippen molar-refractivity contribution in [2.75, 3.05) is 13.1 Å². The van der Waals surface area contributed by atoms with Crippen molar-refractivity contribution in [3.05, 3.63) is 46.4 Å². The Morgan fingerprint density at radius 3 is 3.05 bits per heavy atom. The second kappa shape index (κ2) is 6.87. The average molecular weight is 337 g/mol. The summed E-state index contributed by atoms with van der Waals surface area (Å²) >= 11 is 1.81. The van der Waals surface area contributed by atoms with Gasteiger partial charge in [0.05, 0.1) is 0 Å². The topological polar surface area (TPSA) is 71.1 Å². The van der Waals surface area contributed by atoms with Crippen LogP contribution in [0.1, 0.15) is 29.3 Å². The van der Waals surface area contributed by atoms with E-state index in [4.69, 9.17) is 0 Å². The van der Waals surface area contributed by atoms with Gasteiger partial charge in [0, 0.05) is 36.4 Å². The third-order valence-electron chi connectivity index (χ3n) is 3.80. The molecule has 0 spiro atoms. The van der Waals surface area contributed by atoms with Crippen LogP contribution in [-0.2, 0) is 16.4 Å². The molecule has 0 saturated carbocycles. The van der Waals surface area contributed by atoms with Crippen molar-refractivity contribution < 1.29 is 8.42 Å². The number of aryl methyl sites for hydroxylation is 1. The largest absolute Gasteiger partial charge is 0.309 e. The van der Waals surface area contributed by atoms with E-state index >= 15 is 0 Å². The highest BCUT2D eigenvalue weighted by atomic mass is 32.2. The summed E-state index contributed by atoms with van der Waals surface area (Å²) in [4.78, 5) is 5.50. The summed E-state index contributed by atoms with van der Waals surface area (Å²) in [5.74, 6) is 0. The molecule has 0 fully saturated rings. The minimum atomic E-state index is -3.46. The zero-order chi connectivity index (χ0) is 15.4. The van der Waals surface area contributed by atoms with E-state index in [2.05, 4.69) is 26.5 Å². The molecule has 1 aliphatic rings. The third kappa shape index (κ3) is 3.55. The molecule has 2 aromatic rings. The van der Waals surface area contributed by atoms with Crippen LogP contribution in [0, 0.1) is 0 Å². The maximum Gasteiger partial charge on any atom is 0.242 e. The molecular formula is C15H19N3O2S2. The zero-order valence-electron chi connectivity index (χ0n) is 12.2. The summed E-state index contributed by atoms with van der Waals surface area (Å²) in [7, 11) is -3.46. The van der Waals surface area contributed by atoms with Gasteiger partial charge >= 0.3 is 0 Å². The first kappa shape index (κ1) is 15.6. The second-order valence-corrected chi connectivity index (χ2v) is 8.05. The van der Waals surface area contributed by atoms with E-state index in [1.165, 1.54) is 29.5 Å². The van der Waals surface area contributed by atoms with Crippen molar-refractivity contribution in [2.24, 2.45) is 0 Å². The molecule has 2 heterocycles. The molecule has 0 saturated heterocycles. The highest BCUT2D eigenvalue weighted by molar-refractivity contribution is 7.89. The molecule has 2 N–H and O–H groups in total. The number of pyridine rings is 1. The van der Waals surface area contributed by atoms with Crippen molar-refractivity contribution in [1.82, 2.24) is 15.0 Å². The van der Waals surface area contributed by atoms with Crippen molar-refractivity contribution in [3.63, 3.8) is 0 Å². The second-order valence-electron chi connectivity index (χ2n) is 5.28. The zero-order valence-corrected chi connectivity index (χ0v) is 13.8. The van der Waals surface area contributed by atoms with Crippen LogP contribution < -0.4 is 10.0 Å². The van der Waals surface area contributed by atoms with E-state index in [9.17, 15) is 8.42 Å². The lowest BCUT2D eigenvalue weighted by Crippen LogP contribution is -2.34. The first-order valence-corrected chi connectivity index (χ1v) is 9.72. The summed E-state index contributed by atoms with van der Waals surface area (Å²) in [6, 6.07) is 5.68. The number of aromatic nitrogens is 1. The molecule has 7 heteroatoms. The van der Waals surface area contributed by atoms with Gasteiger partial charge in [0.25, 0.3) is 0 Å². The molecule has 0 aromatic carbocycles. The van der Waals surface area contributed by atoms with Gasteiger partial charge in [-0.25, -0.2) is 13.1 Å². The quantitative estimate of drug-likeness (QED) is 0.792. The summed E-state index contributed by atoms with van der Waals surface area (Å²) in [5, 5.41) is 5.59. The average Bonchev–Trinajstić information content (AvgIpc) is 3.02. The van der Waals surface area contributed by atoms with Crippen LogP contribution >= 0.6 is 11.3 Å². The fraction of sp³-hybridized carbons (Fsp3) is 0.400. The summed E-state index contributed by atoms with van der Waals surface area (Å²) in [6.07, 6.45) is 6.38. The minimum Gasteiger partial charge on any atom is -0.309 e. The van der Waals surface area contributed by atoms with E-state index in [0.717, 1.165) is 6.42 Å². The molecule has 0 amide bonds. The number of rotatable bonds is 6. The van der Waals surface area contributed by atoms with Crippen molar-refractivity contribution in [3.8, 4) is 0 Å². The lowest BCUT2D eigenvalue weighted by Gasteiger charge is -2.23. The van der Waals surface area contributed by atoms with Gasteiger partial charge in [-0.3, -0.25) is 4.98 Å². The van der Waals surface area contributed by atoms with Gasteiger partial charge in [-0.1, -0.05) is 0 Å². The molecule has 2 aromatic heterocycles. The Kier molecular flexibility index (Phi) is 4.87. The number of nitrogens with one attached hydrogen (secondary N) is 2. The Morgan fingerprint density at radius 2 is 2.23 bits per heavy atom. The lowest BCUT2D eigenvalue weighted by molar-refractivity contribution is 0.465. The molecule has 3 rings (SSSR count). The highest BCUT2D eigenvalue weighted by Gasteiger charge is 2.20. The van der Waals surface area contributed by atoms with E-state index in [1.807, 2.05) is 11.3 Å². The maximum atomic E-state index is 12.1. The van der Waals surface area contributed by atoms with Gasteiger partial charge in [-0.15, -0.1) is 11.3 Å². The molecule has 5 nitrogen and oxygen atoms in total. The first-order chi connectivity index (χ1) is 10.7. The predicted octanol–water partition coefficient (Wildman–Crippen LogP) is 2.09. The molecule has 0 radical (unpaired) electrons. The molecule has 1 aliphatic carbocycles. The van der Waals surface area contributed by atoms with Gasteiger partial charge in [0.15, 0.2) is 0 Å². The molecule has 1 unspecified atom stereocenters. The van der Waals surface area contributed by atoms with Crippen molar-refractivity contribution in [1.29, 1.82) is 0 Å². The molecule has 1 atom stereocenters. The molecule has 0 aliphatic heterocycles. The predicted molar refractivity (Wildman–Crippen MR) is 87.4 cm³/mol. The summed E-state index contributed by atoms with van der Waals surface area (Å²) in [5.41, 5.74) is 1.38. The van der Waals surface area contributed by atoms with Crippen LogP contribution in [0.2, 0.25) is 0 Å². The fourth-order valence-electron chi connectivity index (χ4n) is 2.72. The molecule has 118 valence electrons. The Bertz CT molecular complexity index is 713. The number of hydrogen-bond donors (Lipinski definition) is 2. The number of thiophene rings is 1. The Hall–Kier alpha value is -1.28. The summed E-state index contributed by atoms with van der Waals surface area (Å²) < 4.78 is 26.7. The SMILES string of the molecule is O=S(=O)(NCCNC1CCCc2sccc21)c1cccnc1. The first-order valence-electron chi connectivity index (χ1n) is 7.36. The van der Waals surface area contributed by atoms with E-state index in [0.29, 0.717) is 19.1 Å². The molecule has 22 heavy (non-hydrogen) atoms. The maximum absolute atomic E-state index is 12.1. The Labute approximate surface area is 134 Å². The van der Waals surface area contributed by atoms with Gasteiger partial charge in [0.2, 0.25) is 10.0 Å². The molecular weight excluding hydrogens is 318 g/mol. The van der Waals surface area contributed by atoms with Gasteiger partial charge in [-0.05, 0) is 48.4 Å². The standard InChI is InChI=1S/C15H19N3O2S2/c19-22(20,12-3-2-7-16-11-12)18-9-8-17-14-4-1-5-15-13(14)6-10-21-15/h2-3,6-7,10-11,14,17-18H,1,4-5,8-9H2. The fourth-order valence-corrected chi connectivity index (χ4v) is 4.70. The third-order valence-corrected chi connectivity index (χ3v) is 6.25. The van der Waals surface area contributed by atoms with Crippen LogP contribution in [0.3, 0.4) is 0 Å². The minimum absolute atomic E-state index is 0.202. The van der Waals surface area contributed by atoms with Crippen LogP contribution in [0.4, 0.5) is 0 Å². The Balaban J connectivity index is 1.51. The van der Waals surface area contributed by atoms with Gasteiger partial charge < -0.3 is 5.32 Å². The van der Waals surface area contributed by atoms with Crippen LogP contribution in [0.15, 0.2) is 40.9 Å². The van der Waals surface area contributed by atoms with Gasteiger partial charge in [0.1, 0.15) is 4.90 Å². The molecule has 0 bridgehead atoms. The lowest BCUT2D eigenvalue weighted by atomic mass is 9.94. The van der Waals surface area contributed by atoms with Crippen molar-refractivity contribution >= 4 is 21.4 Å². The summed E-state index contributed by atoms with van der Waals surface area (Å²) in [6.45, 7) is 0.979. The smallest absolute Gasteiger partial charge is 0.242 e. The number of hydrogen-bond acceptors (Lipinski definition) is 5. The van der Waals surface area contributed by atoms with Crippen LogP contribution in [0.5, 0.6) is 0 Å². The van der Waals surface area contributed by atoms with E-state index in [1.54, 1.807) is 18.3 Å². The number of sulfonamides is 1. The van der Waals surface area contributed by atoms with Crippen molar-refractivity contribution in [2.45, 2.75) is 30.2 Å². The van der Waals surface area contributed by atoms with E-state index < -0.39 is 10.0 Å². The normalized spacial score (nSPS) is 18.1. The van der Waals surface area contributed by atoms with Crippen LogP contribution in [0.25, 0.3) is 0 Å². The van der Waals surface area contributed by atoms with E-state index in [-0.39, 0.29) is 4.90 Å². The van der Waals surface area contributed by atoms with Gasteiger partial charge in [-0.2, -0.15) is 0 Å². The monoisotopic (exact) mass is 337 g/mol.